The first-order valence-electron chi connectivity index (χ1n) is 6.90. The molecular formula is C16H24N2O2. The first-order chi connectivity index (χ1) is 9.57. The van der Waals surface area contributed by atoms with Gasteiger partial charge in [-0.3, -0.25) is 0 Å². The third kappa shape index (κ3) is 6.44. The second-order valence-corrected chi connectivity index (χ2v) is 5.54. The summed E-state index contributed by atoms with van der Waals surface area (Å²) in [6, 6.07) is 10.1. The van der Waals surface area contributed by atoms with Crippen molar-refractivity contribution in [2.45, 2.75) is 26.7 Å². The molecule has 0 aromatic heterocycles. The van der Waals surface area contributed by atoms with Crippen LogP contribution in [0.5, 0.6) is 5.75 Å². The van der Waals surface area contributed by atoms with Crippen molar-refractivity contribution < 1.29 is 9.47 Å². The summed E-state index contributed by atoms with van der Waals surface area (Å²) in [6.07, 6.45) is 1.50. The zero-order valence-corrected chi connectivity index (χ0v) is 12.6. The first kappa shape index (κ1) is 16.3. The summed E-state index contributed by atoms with van der Waals surface area (Å²) in [7, 11) is 1.66. The predicted molar refractivity (Wildman–Crippen MR) is 80.9 cm³/mol. The summed E-state index contributed by atoms with van der Waals surface area (Å²) >= 11 is 0. The third-order valence-electron chi connectivity index (χ3n) is 3.10. The molecule has 0 heterocycles. The Bertz CT molecular complexity index is 421. The highest BCUT2D eigenvalue weighted by Gasteiger charge is 2.16. The second kappa shape index (κ2) is 8.44. The van der Waals surface area contributed by atoms with Gasteiger partial charge in [0.25, 0.3) is 0 Å². The minimum atomic E-state index is 0.114. The fourth-order valence-electron chi connectivity index (χ4n) is 1.74. The Morgan fingerprint density at radius 1 is 1.20 bits per heavy atom. The lowest BCUT2D eigenvalue weighted by Gasteiger charge is -2.24. The molecule has 0 unspecified atom stereocenters. The van der Waals surface area contributed by atoms with Crippen LogP contribution in [-0.2, 0) is 4.74 Å². The van der Waals surface area contributed by atoms with E-state index in [2.05, 4.69) is 25.2 Å². The summed E-state index contributed by atoms with van der Waals surface area (Å²) in [5.74, 6) is 0.844. The summed E-state index contributed by atoms with van der Waals surface area (Å²) < 4.78 is 10.4. The third-order valence-corrected chi connectivity index (χ3v) is 3.10. The monoisotopic (exact) mass is 276 g/mol. The van der Waals surface area contributed by atoms with E-state index in [0.29, 0.717) is 19.6 Å². The Balaban J connectivity index is 2.39. The van der Waals surface area contributed by atoms with Gasteiger partial charge in [0.15, 0.2) is 0 Å². The van der Waals surface area contributed by atoms with Gasteiger partial charge in [-0.05, 0) is 36.1 Å². The van der Waals surface area contributed by atoms with Gasteiger partial charge in [0.1, 0.15) is 12.4 Å². The lowest BCUT2D eigenvalue weighted by Crippen LogP contribution is -2.22. The number of hydrogen-bond acceptors (Lipinski definition) is 4. The number of anilines is 1. The van der Waals surface area contributed by atoms with Crippen molar-refractivity contribution in [3.05, 3.63) is 24.3 Å². The number of nitriles is 1. The van der Waals surface area contributed by atoms with Gasteiger partial charge in [0.05, 0.1) is 12.7 Å². The topological polar surface area (TPSA) is 54.3 Å². The average molecular weight is 276 g/mol. The summed E-state index contributed by atoms with van der Waals surface area (Å²) in [6.45, 7) is 6.33. The average Bonchev–Trinajstić information content (AvgIpc) is 2.45. The zero-order chi connectivity index (χ0) is 14.8. The number of nitrogens with zero attached hydrogens (tertiary/aromatic N) is 1. The highest BCUT2D eigenvalue weighted by molar-refractivity contribution is 5.46. The van der Waals surface area contributed by atoms with Crippen LogP contribution in [0.15, 0.2) is 24.3 Å². The van der Waals surface area contributed by atoms with Crippen LogP contribution >= 0.6 is 0 Å². The van der Waals surface area contributed by atoms with Crippen molar-refractivity contribution in [1.82, 2.24) is 0 Å². The van der Waals surface area contributed by atoms with E-state index in [1.807, 2.05) is 24.3 Å². The maximum absolute atomic E-state index is 8.64. The van der Waals surface area contributed by atoms with Gasteiger partial charge >= 0.3 is 0 Å². The fraction of sp³-hybridized carbons (Fsp3) is 0.562. The number of benzene rings is 1. The van der Waals surface area contributed by atoms with E-state index in [1.165, 1.54) is 0 Å². The van der Waals surface area contributed by atoms with Crippen LogP contribution in [0.4, 0.5) is 5.69 Å². The SMILES string of the molecule is COCCOc1ccc(NCC(C)(C)CCC#N)cc1. The summed E-state index contributed by atoms with van der Waals surface area (Å²) in [5, 5.41) is 12.0. The second-order valence-electron chi connectivity index (χ2n) is 5.54. The van der Waals surface area contributed by atoms with Gasteiger partial charge in [-0.25, -0.2) is 0 Å². The van der Waals surface area contributed by atoms with Crippen molar-refractivity contribution >= 4 is 5.69 Å². The Labute approximate surface area is 121 Å². The van der Waals surface area contributed by atoms with Gasteiger partial charge in [0, 0.05) is 25.8 Å². The molecule has 0 fully saturated rings. The lowest BCUT2D eigenvalue weighted by atomic mass is 9.88. The largest absolute Gasteiger partial charge is 0.491 e. The number of methoxy groups -OCH3 is 1. The van der Waals surface area contributed by atoms with Gasteiger partial charge in [-0.2, -0.15) is 5.26 Å². The minimum absolute atomic E-state index is 0.114. The van der Waals surface area contributed by atoms with Crippen LogP contribution in [0.1, 0.15) is 26.7 Å². The normalized spacial score (nSPS) is 10.9. The molecule has 0 saturated heterocycles. The minimum Gasteiger partial charge on any atom is -0.491 e. The van der Waals surface area contributed by atoms with Crippen LogP contribution in [-0.4, -0.2) is 26.9 Å². The molecule has 0 amide bonds. The van der Waals surface area contributed by atoms with Crippen molar-refractivity contribution in [1.29, 1.82) is 5.26 Å². The van der Waals surface area contributed by atoms with Crippen LogP contribution in [0.3, 0.4) is 0 Å². The molecule has 0 aliphatic carbocycles. The van der Waals surface area contributed by atoms with Gasteiger partial charge in [0.2, 0.25) is 0 Å². The van der Waals surface area contributed by atoms with E-state index < -0.39 is 0 Å². The van der Waals surface area contributed by atoms with E-state index in [4.69, 9.17) is 14.7 Å². The molecule has 0 radical (unpaired) electrons. The lowest BCUT2D eigenvalue weighted by molar-refractivity contribution is 0.146. The molecule has 1 aromatic carbocycles. The summed E-state index contributed by atoms with van der Waals surface area (Å²) in [5.41, 5.74) is 1.18. The van der Waals surface area contributed by atoms with E-state index in [-0.39, 0.29) is 5.41 Å². The van der Waals surface area contributed by atoms with Crippen molar-refractivity contribution in [3.8, 4) is 11.8 Å². The fourth-order valence-corrected chi connectivity index (χ4v) is 1.74. The Hall–Kier alpha value is -1.73. The Morgan fingerprint density at radius 2 is 1.90 bits per heavy atom. The van der Waals surface area contributed by atoms with Gasteiger partial charge in [-0.1, -0.05) is 13.8 Å². The Morgan fingerprint density at radius 3 is 2.50 bits per heavy atom. The van der Waals surface area contributed by atoms with Crippen LogP contribution < -0.4 is 10.1 Å². The molecule has 0 aliphatic rings. The van der Waals surface area contributed by atoms with Crippen molar-refractivity contribution in [3.63, 3.8) is 0 Å². The smallest absolute Gasteiger partial charge is 0.119 e. The molecular weight excluding hydrogens is 252 g/mol. The first-order valence-corrected chi connectivity index (χ1v) is 6.90. The highest BCUT2D eigenvalue weighted by atomic mass is 16.5. The molecule has 0 atom stereocenters. The molecule has 1 rings (SSSR count). The molecule has 4 heteroatoms. The van der Waals surface area contributed by atoms with E-state index in [1.54, 1.807) is 7.11 Å². The molecule has 0 aliphatic heterocycles. The standard InChI is InChI=1S/C16H24N2O2/c1-16(2,9-4-10-17)13-18-14-5-7-15(8-6-14)20-12-11-19-3/h5-8,18H,4,9,11-13H2,1-3H3. The molecule has 4 nitrogen and oxygen atoms in total. The number of hydrogen-bond donors (Lipinski definition) is 1. The van der Waals surface area contributed by atoms with Crippen molar-refractivity contribution in [2.24, 2.45) is 5.41 Å². The molecule has 0 saturated carbocycles. The van der Waals surface area contributed by atoms with Crippen LogP contribution in [0, 0.1) is 16.7 Å². The van der Waals surface area contributed by atoms with Crippen molar-refractivity contribution in [2.75, 3.05) is 32.2 Å². The number of nitrogens with one attached hydrogen (secondary N) is 1. The predicted octanol–water partition coefficient (Wildman–Crippen LogP) is 3.45. The van der Waals surface area contributed by atoms with Gasteiger partial charge < -0.3 is 14.8 Å². The van der Waals surface area contributed by atoms with E-state index >= 15 is 0 Å². The Kier molecular flexibility index (Phi) is 6.89. The quantitative estimate of drug-likeness (QED) is 0.702. The molecule has 0 bridgehead atoms. The van der Waals surface area contributed by atoms with E-state index in [9.17, 15) is 0 Å². The van der Waals surface area contributed by atoms with Gasteiger partial charge in [-0.15, -0.1) is 0 Å². The highest BCUT2D eigenvalue weighted by Crippen LogP contribution is 2.23. The van der Waals surface area contributed by atoms with Crippen LogP contribution in [0.25, 0.3) is 0 Å². The maximum atomic E-state index is 8.64. The number of rotatable bonds is 9. The molecule has 0 spiro atoms. The van der Waals surface area contributed by atoms with E-state index in [0.717, 1.165) is 24.4 Å². The molecule has 20 heavy (non-hydrogen) atoms. The molecule has 1 N–H and O–H groups in total. The molecule has 1 aromatic rings. The summed E-state index contributed by atoms with van der Waals surface area (Å²) in [4.78, 5) is 0. The zero-order valence-electron chi connectivity index (χ0n) is 12.6. The number of ether oxygens (including phenoxy) is 2. The van der Waals surface area contributed by atoms with Crippen LogP contribution in [0.2, 0.25) is 0 Å². The maximum Gasteiger partial charge on any atom is 0.119 e. The molecule has 110 valence electrons.